The monoisotopic (exact) mass is 426 g/mol. The average molecular weight is 427 g/mol. The van der Waals surface area contributed by atoms with Crippen LogP contribution in [0.15, 0.2) is 78.9 Å². The summed E-state index contributed by atoms with van der Waals surface area (Å²) in [5, 5.41) is 1.10. The molecule has 0 aliphatic heterocycles. The molecule has 1 amide bonds. The molecule has 0 atom stereocenters. The second kappa shape index (κ2) is 9.73. The molecule has 32 heavy (non-hydrogen) atoms. The Morgan fingerprint density at radius 3 is 2.28 bits per heavy atom. The minimum Gasteiger partial charge on any atom is -0.489 e. The Bertz CT molecular complexity index is 1190. The molecule has 1 aromatic heterocycles. The second-order valence-corrected chi connectivity index (χ2v) is 8.07. The highest BCUT2D eigenvalue weighted by atomic mass is 16.5. The number of rotatable bonds is 8. The highest BCUT2D eigenvalue weighted by Gasteiger charge is 2.20. The predicted molar refractivity (Wildman–Crippen MR) is 130 cm³/mol. The molecular formula is C28H30N2O2. The predicted octanol–water partition coefficient (Wildman–Crippen LogP) is 6.06. The number of aromatic nitrogens is 1. The largest absolute Gasteiger partial charge is 0.489 e. The zero-order chi connectivity index (χ0) is 22.5. The summed E-state index contributed by atoms with van der Waals surface area (Å²) < 4.78 is 8.05. The van der Waals surface area contributed by atoms with Crippen molar-refractivity contribution >= 4 is 16.8 Å². The van der Waals surface area contributed by atoms with Gasteiger partial charge in [0, 0.05) is 30.5 Å². The number of aryl methyl sites for hydroxylation is 1. The summed E-state index contributed by atoms with van der Waals surface area (Å²) in [6, 6.07) is 26.7. The van der Waals surface area contributed by atoms with Gasteiger partial charge in [-0.05, 0) is 62.2 Å². The Morgan fingerprint density at radius 1 is 0.875 bits per heavy atom. The van der Waals surface area contributed by atoms with Crippen molar-refractivity contribution in [2.45, 2.75) is 33.9 Å². The molecule has 1 heterocycles. The van der Waals surface area contributed by atoms with E-state index in [0.29, 0.717) is 26.2 Å². The van der Waals surface area contributed by atoms with E-state index in [2.05, 4.69) is 54.0 Å². The second-order valence-electron chi connectivity index (χ2n) is 8.07. The van der Waals surface area contributed by atoms with Crippen LogP contribution in [0.1, 0.15) is 41.0 Å². The summed E-state index contributed by atoms with van der Waals surface area (Å²) in [6.07, 6.45) is 0. The van der Waals surface area contributed by atoms with E-state index in [0.717, 1.165) is 33.5 Å². The van der Waals surface area contributed by atoms with Gasteiger partial charge in [0.25, 0.3) is 5.91 Å². The molecule has 4 rings (SSSR count). The van der Waals surface area contributed by atoms with Gasteiger partial charge in [-0.25, -0.2) is 0 Å². The van der Waals surface area contributed by atoms with Crippen molar-refractivity contribution < 1.29 is 9.53 Å². The minimum absolute atomic E-state index is 0.0756. The normalized spacial score (nSPS) is 11.0. The SMILES string of the molecule is CCN(CC)C(=O)c1cc2cc(C)ccc2n1Cc1ccc(OCc2ccccc2)cc1. The molecule has 4 heteroatoms. The van der Waals surface area contributed by atoms with Crippen LogP contribution in [0.4, 0.5) is 0 Å². The molecule has 3 aromatic carbocycles. The Morgan fingerprint density at radius 2 is 1.59 bits per heavy atom. The van der Waals surface area contributed by atoms with Gasteiger partial charge in [-0.15, -0.1) is 0 Å². The lowest BCUT2D eigenvalue weighted by Gasteiger charge is -2.20. The molecule has 0 unspecified atom stereocenters. The van der Waals surface area contributed by atoms with Gasteiger partial charge in [0.1, 0.15) is 18.1 Å². The van der Waals surface area contributed by atoms with Crippen molar-refractivity contribution in [3.05, 3.63) is 101 Å². The summed E-state index contributed by atoms with van der Waals surface area (Å²) in [5.41, 5.74) is 5.28. The number of amides is 1. The lowest BCUT2D eigenvalue weighted by molar-refractivity contribution is 0.0763. The van der Waals surface area contributed by atoms with Gasteiger partial charge >= 0.3 is 0 Å². The van der Waals surface area contributed by atoms with E-state index in [1.54, 1.807) is 0 Å². The van der Waals surface area contributed by atoms with Gasteiger partial charge in [-0.3, -0.25) is 4.79 Å². The number of carbonyl (C=O) groups is 1. The summed E-state index contributed by atoms with van der Waals surface area (Å²) in [5.74, 6) is 0.914. The van der Waals surface area contributed by atoms with Crippen LogP contribution in [0.2, 0.25) is 0 Å². The maximum Gasteiger partial charge on any atom is 0.270 e. The number of nitrogens with zero attached hydrogens (tertiary/aromatic N) is 2. The minimum atomic E-state index is 0.0756. The third-order valence-corrected chi connectivity index (χ3v) is 5.84. The van der Waals surface area contributed by atoms with Crippen LogP contribution in [0.5, 0.6) is 5.75 Å². The molecular weight excluding hydrogens is 396 g/mol. The van der Waals surface area contributed by atoms with Crippen LogP contribution in [-0.2, 0) is 13.2 Å². The number of fused-ring (bicyclic) bond motifs is 1. The average Bonchev–Trinajstić information content (AvgIpc) is 3.17. The summed E-state index contributed by atoms with van der Waals surface area (Å²) in [4.78, 5) is 15.1. The van der Waals surface area contributed by atoms with Crippen LogP contribution in [0.25, 0.3) is 10.9 Å². The first-order valence-corrected chi connectivity index (χ1v) is 11.2. The summed E-state index contributed by atoms with van der Waals surface area (Å²) in [7, 11) is 0. The van der Waals surface area contributed by atoms with Crippen LogP contribution >= 0.6 is 0 Å². The van der Waals surface area contributed by atoms with Crippen LogP contribution < -0.4 is 4.74 Å². The molecule has 0 aliphatic carbocycles. The Labute approximate surface area is 190 Å². The zero-order valence-corrected chi connectivity index (χ0v) is 19.0. The molecule has 0 bridgehead atoms. The van der Waals surface area contributed by atoms with E-state index in [4.69, 9.17) is 4.74 Å². The fraction of sp³-hybridized carbons (Fsp3) is 0.250. The fourth-order valence-corrected chi connectivity index (χ4v) is 4.03. The van der Waals surface area contributed by atoms with Crippen molar-refractivity contribution in [2.75, 3.05) is 13.1 Å². The number of hydrogen-bond acceptors (Lipinski definition) is 2. The number of hydrogen-bond donors (Lipinski definition) is 0. The van der Waals surface area contributed by atoms with E-state index in [9.17, 15) is 4.79 Å². The van der Waals surface area contributed by atoms with Gasteiger partial charge in [0.15, 0.2) is 0 Å². The van der Waals surface area contributed by atoms with Crippen molar-refractivity contribution in [1.82, 2.24) is 9.47 Å². The van der Waals surface area contributed by atoms with Crippen LogP contribution in [-0.4, -0.2) is 28.5 Å². The van der Waals surface area contributed by atoms with E-state index >= 15 is 0 Å². The van der Waals surface area contributed by atoms with Crippen molar-refractivity contribution in [2.24, 2.45) is 0 Å². The number of carbonyl (C=O) groups excluding carboxylic acids is 1. The Kier molecular flexibility index (Phi) is 6.60. The Balaban J connectivity index is 1.59. The van der Waals surface area contributed by atoms with Gasteiger partial charge in [-0.1, -0.05) is 54.1 Å². The highest BCUT2D eigenvalue weighted by Crippen LogP contribution is 2.25. The topological polar surface area (TPSA) is 34.5 Å². The first kappa shape index (κ1) is 21.7. The molecule has 0 aliphatic rings. The van der Waals surface area contributed by atoms with Crippen molar-refractivity contribution in [1.29, 1.82) is 0 Å². The van der Waals surface area contributed by atoms with E-state index in [1.165, 1.54) is 5.56 Å². The number of benzene rings is 3. The lowest BCUT2D eigenvalue weighted by atomic mass is 10.2. The van der Waals surface area contributed by atoms with Gasteiger partial charge in [0.2, 0.25) is 0 Å². The summed E-state index contributed by atoms with van der Waals surface area (Å²) in [6.45, 7) is 8.70. The first-order chi connectivity index (χ1) is 15.6. The van der Waals surface area contributed by atoms with Gasteiger partial charge in [0.05, 0.1) is 0 Å². The molecule has 0 saturated carbocycles. The molecule has 4 aromatic rings. The lowest BCUT2D eigenvalue weighted by Crippen LogP contribution is -2.32. The Hall–Kier alpha value is -3.53. The van der Waals surface area contributed by atoms with Crippen molar-refractivity contribution in [3.8, 4) is 5.75 Å². The molecule has 0 spiro atoms. The third kappa shape index (κ3) is 4.70. The quantitative estimate of drug-likeness (QED) is 0.343. The molecule has 4 nitrogen and oxygen atoms in total. The molecule has 0 radical (unpaired) electrons. The maximum absolute atomic E-state index is 13.2. The first-order valence-electron chi connectivity index (χ1n) is 11.2. The third-order valence-electron chi connectivity index (χ3n) is 5.84. The van der Waals surface area contributed by atoms with Crippen LogP contribution in [0.3, 0.4) is 0 Å². The van der Waals surface area contributed by atoms with Crippen molar-refractivity contribution in [3.63, 3.8) is 0 Å². The van der Waals surface area contributed by atoms with E-state index in [-0.39, 0.29) is 5.91 Å². The maximum atomic E-state index is 13.2. The molecule has 0 N–H and O–H groups in total. The number of ether oxygens (including phenoxy) is 1. The van der Waals surface area contributed by atoms with E-state index in [1.807, 2.05) is 55.1 Å². The smallest absolute Gasteiger partial charge is 0.270 e. The van der Waals surface area contributed by atoms with E-state index < -0.39 is 0 Å². The summed E-state index contributed by atoms with van der Waals surface area (Å²) >= 11 is 0. The zero-order valence-electron chi connectivity index (χ0n) is 19.0. The molecule has 0 saturated heterocycles. The van der Waals surface area contributed by atoms with Gasteiger partial charge < -0.3 is 14.2 Å². The molecule has 164 valence electrons. The van der Waals surface area contributed by atoms with Gasteiger partial charge in [-0.2, -0.15) is 0 Å². The standard InChI is InChI=1S/C28H30N2O2/c1-4-29(5-2)28(31)27-18-24-17-21(3)11-16-26(24)30(27)19-22-12-14-25(15-13-22)32-20-23-9-7-6-8-10-23/h6-18H,4-5,19-20H2,1-3H3. The highest BCUT2D eigenvalue weighted by molar-refractivity contribution is 5.99. The van der Waals surface area contributed by atoms with Crippen LogP contribution in [0, 0.1) is 6.92 Å². The fourth-order valence-electron chi connectivity index (χ4n) is 4.03. The molecule has 0 fully saturated rings.